The van der Waals surface area contributed by atoms with E-state index in [-0.39, 0.29) is 5.41 Å². The van der Waals surface area contributed by atoms with Gasteiger partial charge in [-0.15, -0.1) is 0 Å². The summed E-state index contributed by atoms with van der Waals surface area (Å²) in [6.45, 7) is 5.90. The van der Waals surface area contributed by atoms with Gasteiger partial charge in [-0.05, 0) is 37.5 Å². The second kappa shape index (κ2) is 1.88. The van der Waals surface area contributed by atoms with Gasteiger partial charge in [0.1, 0.15) is 0 Å². The van der Waals surface area contributed by atoms with Crippen LogP contribution in [0.4, 0.5) is 0 Å². The molecule has 2 nitrogen and oxygen atoms in total. The molecule has 3 saturated carbocycles. The van der Waals surface area contributed by atoms with Crippen molar-refractivity contribution < 1.29 is 10.2 Å². The predicted octanol–water partition coefficient (Wildman–Crippen LogP) is 1.31. The number of hydrogen-bond donors (Lipinski definition) is 2. The monoisotopic (exact) mass is 170 g/mol. The molecule has 0 aromatic rings. The van der Waals surface area contributed by atoms with Gasteiger partial charge in [0.05, 0.1) is 11.2 Å². The SMILES string of the molecule is CC1(O)CCC2C[C@]1(O)C2(C)C. The molecule has 0 spiro atoms. The van der Waals surface area contributed by atoms with Crippen molar-refractivity contribution in [1.29, 1.82) is 0 Å². The van der Waals surface area contributed by atoms with Gasteiger partial charge in [-0.2, -0.15) is 0 Å². The summed E-state index contributed by atoms with van der Waals surface area (Å²) in [6, 6.07) is 0. The normalized spacial score (nSPS) is 56.2. The largest absolute Gasteiger partial charge is 0.387 e. The minimum atomic E-state index is -0.870. The summed E-state index contributed by atoms with van der Waals surface area (Å²) in [5.41, 5.74) is -1.79. The summed E-state index contributed by atoms with van der Waals surface area (Å²) < 4.78 is 0. The fraction of sp³-hybridized carbons (Fsp3) is 1.00. The second-order valence-corrected chi connectivity index (χ2v) is 5.30. The summed E-state index contributed by atoms with van der Waals surface area (Å²) in [5, 5.41) is 20.3. The van der Waals surface area contributed by atoms with Crippen molar-refractivity contribution in [2.45, 2.75) is 51.2 Å². The van der Waals surface area contributed by atoms with E-state index in [1.807, 2.05) is 0 Å². The summed E-state index contributed by atoms with van der Waals surface area (Å²) in [7, 11) is 0. The van der Waals surface area contributed by atoms with Gasteiger partial charge in [0.25, 0.3) is 0 Å². The van der Waals surface area contributed by atoms with Gasteiger partial charge < -0.3 is 10.2 Å². The molecule has 3 aliphatic rings. The molecule has 12 heavy (non-hydrogen) atoms. The molecule has 2 unspecified atom stereocenters. The van der Waals surface area contributed by atoms with Crippen molar-refractivity contribution in [3.63, 3.8) is 0 Å². The molecule has 0 aliphatic heterocycles. The van der Waals surface area contributed by atoms with E-state index in [0.717, 1.165) is 19.3 Å². The Labute approximate surface area is 73.6 Å². The lowest BCUT2D eigenvalue weighted by Gasteiger charge is -2.68. The van der Waals surface area contributed by atoms with Crippen LogP contribution in [-0.4, -0.2) is 21.4 Å². The second-order valence-electron chi connectivity index (χ2n) is 5.30. The van der Waals surface area contributed by atoms with Crippen LogP contribution in [0.5, 0.6) is 0 Å². The number of aliphatic hydroxyl groups is 2. The standard InChI is InChI=1S/C10H18O2/c1-8(2)7-4-5-9(3,11)10(8,12)6-7/h7,11-12H,4-6H2,1-3H3/t7?,9?,10-/m0/s1. The molecule has 2 N–H and O–H groups in total. The average molecular weight is 170 g/mol. The van der Waals surface area contributed by atoms with Crippen LogP contribution in [0.3, 0.4) is 0 Å². The third-order valence-electron chi connectivity index (χ3n) is 4.50. The molecule has 2 heteroatoms. The van der Waals surface area contributed by atoms with Crippen molar-refractivity contribution in [2.24, 2.45) is 11.3 Å². The Morgan fingerprint density at radius 1 is 1.17 bits per heavy atom. The number of hydrogen-bond acceptors (Lipinski definition) is 2. The van der Waals surface area contributed by atoms with Crippen LogP contribution in [0.25, 0.3) is 0 Å². The van der Waals surface area contributed by atoms with Crippen molar-refractivity contribution in [1.82, 2.24) is 0 Å². The Balaban J connectivity index is 2.37. The lowest BCUT2D eigenvalue weighted by atomic mass is 9.41. The van der Waals surface area contributed by atoms with Crippen molar-refractivity contribution in [3.8, 4) is 0 Å². The Bertz CT molecular complexity index is 210. The van der Waals surface area contributed by atoms with E-state index in [2.05, 4.69) is 13.8 Å². The zero-order valence-corrected chi connectivity index (χ0v) is 8.09. The first-order valence-electron chi connectivity index (χ1n) is 4.76. The van der Waals surface area contributed by atoms with E-state index < -0.39 is 11.2 Å². The molecule has 3 aliphatic carbocycles. The first-order chi connectivity index (χ1) is 5.31. The average Bonchev–Trinajstić information content (AvgIpc) is 1.94. The highest BCUT2D eigenvalue weighted by atomic mass is 16.4. The molecule has 0 aromatic carbocycles. The topological polar surface area (TPSA) is 40.5 Å². The predicted molar refractivity (Wildman–Crippen MR) is 46.7 cm³/mol. The molecular formula is C10H18O2. The minimum absolute atomic E-state index is 0.0885. The highest BCUT2D eigenvalue weighted by Gasteiger charge is 2.69. The van der Waals surface area contributed by atoms with Crippen LogP contribution in [0.2, 0.25) is 0 Å². The molecule has 3 atom stereocenters. The van der Waals surface area contributed by atoms with Gasteiger partial charge in [0, 0.05) is 0 Å². The number of rotatable bonds is 0. The van der Waals surface area contributed by atoms with E-state index in [1.165, 1.54) is 0 Å². The zero-order chi connectivity index (χ0) is 9.20. The molecule has 70 valence electrons. The Hall–Kier alpha value is -0.0800. The van der Waals surface area contributed by atoms with E-state index >= 15 is 0 Å². The van der Waals surface area contributed by atoms with E-state index in [1.54, 1.807) is 6.92 Å². The first kappa shape index (κ1) is 8.52. The van der Waals surface area contributed by atoms with Gasteiger partial charge in [-0.1, -0.05) is 13.8 Å². The van der Waals surface area contributed by atoms with E-state index in [0.29, 0.717) is 5.92 Å². The molecule has 0 radical (unpaired) electrons. The Morgan fingerprint density at radius 3 is 2.08 bits per heavy atom. The molecule has 0 heterocycles. The zero-order valence-electron chi connectivity index (χ0n) is 8.09. The maximum atomic E-state index is 10.2. The lowest BCUT2D eigenvalue weighted by Crippen LogP contribution is -2.74. The maximum absolute atomic E-state index is 10.2. The fourth-order valence-electron chi connectivity index (χ4n) is 3.12. The van der Waals surface area contributed by atoms with E-state index in [9.17, 15) is 10.2 Å². The van der Waals surface area contributed by atoms with Gasteiger partial charge in [-0.25, -0.2) is 0 Å². The van der Waals surface area contributed by atoms with Gasteiger partial charge in [0.15, 0.2) is 0 Å². The molecular weight excluding hydrogens is 152 g/mol. The number of fused-ring (bicyclic) bond motifs is 2. The molecule has 0 aromatic heterocycles. The van der Waals surface area contributed by atoms with Crippen LogP contribution in [0.1, 0.15) is 40.0 Å². The highest BCUT2D eigenvalue weighted by Crippen LogP contribution is 2.65. The van der Waals surface area contributed by atoms with Crippen LogP contribution in [-0.2, 0) is 0 Å². The van der Waals surface area contributed by atoms with Crippen LogP contribution in [0.15, 0.2) is 0 Å². The lowest BCUT2D eigenvalue weighted by molar-refractivity contribution is -0.312. The van der Waals surface area contributed by atoms with Gasteiger partial charge >= 0.3 is 0 Å². The summed E-state index contributed by atoms with van der Waals surface area (Å²) in [6.07, 6.45) is 2.59. The van der Waals surface area contributed by atoms with Crippen LogP contribution >= 0.6 is 0 Å². The summed E-state index contributed by atoms with van der Waals surface area (Å²) in [4.78, 5) is 0. The van der Waals surface area contributed by atoms with Crippen molar-refractivity contribution in [2.75, 3.05) is 0 Å². The highest BCUT2D eigenvalue weighted by molar-refractivity contribution is 5.20. The molecule has 3 fully saturated rings. The smallest absolute Gasteiger partial charge is 0.0986 e. The van der Waals surface area contributed by atoms with Crippen LogP contribution in [0, 0.1) is 11.3 Å². The van der Waals surface area contributed by atoms with Crippen LogP contribution < -0.4 is 0 Å². The molecule has 0 amide bonds. The Morgan fingerprint density at radius 2 is 1.75 bits per heavy atom. The van der Waals surface area contributed by atoms with Gasteiger partial charge in [0.2, 0.25) is 0 Å². The molecule has 0 saturated heterocycles. The van der Waals surface area contributed by atoms with E-state index in [4.69, 9.17) is 0 Å². The Kier molecular flexibility index (Phi) is 1.33. The maximum Gasteiger partial charge on any atom is 0.0986 e. The van der Waals surface area contributed by atoms with Crippen molar-refractivity contribution >= 4 is 0 Å². The quantitative estimate of drug-likeness (QED) is 0.575. The molecule has 3 rings (SSSR count). The first-order valence-corrected chi connectivity index (χ1v) is 4.76. The third-order valence-corrected chi connectivity index (χ3v) is 4.50. The van der Waals surface area contributed by atoms with Gasteiger partial charge in [-0.3, -0.25) is 0 Å². The van der Waals surface area contributed by atoms with Crippen molar-refractivity contribution in [3.05, 3.63) is 0 Å². The third kappa shape index (κ3) is 0.647. The minimum Gasteiger partial charge on any atom is -0.387 e. The molecule has 2 bridgehead atoms. The fourth-order valence-corrected chi connectivity index (χ4v) is 3.12. The summed E-state index contributed by atoms with van der Waals surface area (Å²) >= 11 is 0. The summed E-state index contributed by atoms with van der Waals surface area (Å²) in [5.74, 6) is 0.614.